The average molecular weight is 367 g/mol. The number of nitrogens with zero attached hydrogens (tertiary/aromatic N) is 2. The number of rotatable bonds is 12. The second kappa shape index (κ2) is 13.6. The first-order valence-corrected chi connectivity index (χ1v) is 9.81. The Morgan fingerprint density at radius 3 is 2.85 bits per heavy atom. The van der Waals surface area contributed by atoms with Crippen LogP contribution in [0.5, 0.6) is 0 Å². The van der Waals surface area contributed by atoms with Crippen molar-refractivity contribution in [1.29, 1.82) is 0 Å². The van der Waals surface area contributed by atoms with Gasteiger partial charge in [0.15, 0.2) is 5.96 Å². The quantitative estimate of drug-likeness (QED) is 0.332. The van der Waals surface area contributed by atoms with Gasteiger partial charge >= 0.3 is 0 Å². The van der Waals surface area contributed by atoms with Gasteiger partial charge in [0.1, 0.15) is 5.76 Å². The Kier molecular flexibility index (Phi) is 10.9. The van der Waals surface area contributed by atoms with Gasteiger partial charge in [0.2, 0.25) is 0 Å². The molecule has 0 amide bonds. The normalized spacial score (nSPS) is 16.0. The molecule has 1 saturated heterocycles. The zero-order valence-corrected chi connectivity index (χ0v) is 16.0. The van der Waals surface area contributed by atoms with E-state index < -0.39 is 0 Å². The van der Waals surface area contributed by atoms with Gasteiger partial charge in [-0.05, 0) is 38.4 Å². The number of hydrogen-bond donors (Lipinski definition) is 2. The average Bonchev–Trinajstić information content (AvgIpc) is 3.19. The number of guanidine groups is 1. The van der Waals surface area contributed by atoms with Gasteiger partial charge in [0.05, 0.1) is 19.5 Å². The lowest BCUT2D eigenvalue weighted by molar-refractivity contribution is 0.0376. The predicted molar refractivity (Wildman–Crippen MR) is 104 cm³/mol. The molecule has 0 bridgehead atoms. The van der Waals surface area contributed by atoms with E-state index >= 15 is 0 Å². The number of morpholine rings is 1. The highest BCUT2D eigenvalue weighted by atomic mass is 16.5. The molecule has 0 radical (unpaired) electrons. The highest BCUT2D eigenvalue weighted by Crippen LogP contribution is 2.00. The van der Waals surface area contributed by atoms with E-state index in [9.17, 15) is 0 Å². The SMILES string of the molecule is CCOCCCN=C(NCCCN1CCOCC1)NCCc1ccco1. The molecule has 0 aromatic carbocycles. The molecule has 0 atom stereocenters. The van der Waals surface area contributed by atoms with E-state index in [4.69, 9.17) is 13.9 Å². The number of nitrogens with one attached hydrogen (secondary N) is 2. The standard InChI is InChI=1S/C19H34N4O3/c1-2-24-14-5-9-21-19(22-10-7-18-6-3-15-26-18)20-8-4-11-23-12-16-25-17-13-23/h3,6,15H,2,4-5,7-14,16-17H2,1H3,(H2,20,21,22). The van der Waals surface area contributed by atoms with Crippen molar-refractivity contribution in [2.75, 3.05) is 65.7 Å². The van der Waals surface area contributed by atoms with E-state index in [1.165, 1.54) is 0 Å². The van der Waals surface area contributed by atoms with Crippen molar-refractivity contribution in [2.24, 2.45) is 4.99 Å². The molecule has 1 aliphatic heterocycles. The maximum atomic E-state index is 5.39. The van der Waals surface area contributed by atoms with Crippen LogP contribution in [0.4, 0.5) is 0 Å². The summed E-state index contributed by atoms with van der Waals surface area (Å²) in [5, 5.41) is 6.83. The van der Waals surface area contributed by atoms with Crippen LogP contribution < -0.4 is 10.6 Å². The lowest BCUT2D eigenvalue weighted by Crippen LogP contribution is -2.41. The molecule has 1 aromatic heterocycles. The minimum Gasteiger partial charge on any atom is -0.469 e. The molecule has 0 unspecified atom stereocenters. The van der Waals surface area contributed by atoms with Crippen molar-refractivity contribution < 1.29 is 13.9 Å². The van der Waals surface area contributed by atoms with Crippen LogP contribution in [-0.2, 0) is 15.9 Å². The largest absolute Gasteiger partial charge is 0.469 e. The van der Waals surface area contributed by atoms with Crippen molar-refractivity contribution in [3.63, 3.8) is 0 Å². The second-order valence-corrected chi connectivity index (χ2v) is 6.27. The topological polar surface area (TPSA) is 71.3 Å². The molecule has 1 aromatic rings. The summed E-state index contributed by atoms with van der Waals surface area (Å²) in [5.41, 5.74) is 0. The molecule has 1 aliphatic rings. The highest BCUT2D eigenvalue weighted by Gasteiger charge is 2.09. The van der Waals surface area contributed by atoms with Crippen LogP contribution in [0, 0.1) is 0 Å². The molecule has 0 aliphatic carbocycles. The van der Waals surface area contributed by atoms with E-state index in [-0.39, 0.29) is 0 Å². The number of hydrogen-bond acceptors (Lipinski definition) is 5. The molecule has 1 fully saturated rings. The summed E-state index contributed by atoms with van der Waals surface area (Å²) in [6.45, 7) is 10.9. The third-order valence-electron chi connectivity index (χ3n) is 4.21. The third-order valence-corrected chi connectivity index (χ3v) is 4.21. The fourth-order valence-electron chi connectivity index (χ4n) is 2.77. The summed E-state index contributed by atoms with van der Waals surface area (Å²) in [7, 11) is 0. The Balaban J connectivity index is 1.65. The molecule has 2 N–H and O–H groups in total. The van der Waals surface area contributed by atoms with E-state index in [2.05, 4.69) is 20.5 Å². The monoisotopic (exact) mass is 366 g/mol. The Labute approximate surface area is 157 Å². The molecule has 2 heterocycles. The molecule has 7 heteroatoms. The van der Waals surface area contributed by atoms with Crippen LogP contribution in [0.3, 0.4) is 0 Å². The fraction of sp³-hybridized carbons (Fsp3) is 0.737. The Hall–Kier alpha value is -1.57. The van der Waals surface area contributed by atoms with Crippen molar-refractivity contribution in [3.8, 4) is 0 Å². The van der Waals surface area contributed by atoms with Gasteiger partial charge < -0.3 is 24.5 Å². The Morgan fingerprint density at radius 2 is 2.08 bits per heavy atom. The van der Waals surface area contributed by atoms with E-state index in [1.807, 2.05) is 19.1 Å². The lowest BCUT2D eigenvalue weighted by atomic mass is 10.3. The van der Waals surface area contributed by atoms with Gasteiger partial charge in [-0.3, -0.25) is 9.89 Å². The maximum Gasteiger partial charge on any atom is 0.191 e. The number of aliphatic imine (C=N–C) groups is 1. The zero-order chi connectivity index (χ0) is 18.3. The molecule has 2 rings (SSSR count). The summed E-state index contributed by atoms with van der Waals surface area (Å²) >= 11 is 0. The highest BCUT2D eigenvalue weighted by molar-refractivity contribution is 5.79. The van der Waals surface area contributed by atoms with Crippen molar-refractivity contribution >= 4 is 5.96 Å². The van der Waals surface area contributed by atoms with E-state index in [1.54, 1.807) is 6.26 Å². The van der Waals surface area contributed by atoms with Crippen LogP contribution >= 0.6 is 0 Å². The smallest absolute Gasteiger partial charge is 0.191 e. The molecule has 148 valence electrons. The van der Waals surface area contributed by atoms with Crippen LogP contribution in [-0.4, -0.2) is 76.6 Å². The Morgan fingerprint density at radius 1 is 1.23 bits per heavy atom. The maximum absolute atomic E-state index is 5.39. The first kappa shape index (κ1) is 20.7. The van der Waals surface area contributed by atoms with Gasteiger partial charge in [-0.1, -0.05) is 0 Å². The van der Waals surface area contributed by atoms with Gasteiger partial charge in [-0.15, -0.1) is 0 Å². The summed E-state index contributed by atoms with van der Waals surface area (Å²) in [6, 6.07) is 3.91. The summed E-state index contributed by atoms with van der Waals surface area (Å²) in [4.78, 5) is 7.10. The minimum absolute atomic E-state index is 0.761. The number of ether oxygens (including phenoxy) is 2. The lowest BCUT2D eigenvalue weighted by Gasteiger charge is -2.26. The van der Waals surface area contributed by atoms with Crippen molar-refractivity contribution in [2.45, 2.75) is 26.2 Å². The molecule has 0 spiro atoms. The van der Waals surface area contributed by atoms with E-state index in [0.29, 0.717) is 0 Å². The molecule has 0 saturated carbocycles. The van der Waals surface area contributed by atoms with Crippen LogP contribution in [0.2, 0.25) is 0 Å². The summed E-state index contributed by atoms with van der Waals surface area (Å²) in [5.74, 6) is 1.86. The minimum atomic E-state index is 0.761. The summed E-state index contributed by atoms with van der Waals surface area (Å²) in [6.07, 6.45) is 4.59. The Bertz CT molecular complexity index is 473. The van der Waals surface area contributed by atoms with Crippen molar-refractivity contribution in [3.05, 3.63) is 24.2 Å². The molecule has 26 heavy (non-hydrogen) atoms. The van der Waals surface area contributed by atoms with Crippen LogP contribution in [0.15, 0.2) is 27.8 Å². The number of furan rings is 1. The van der Waals surface area contributed by atoms with Crippen LogP contribution in [0.25, 0.3) is 0 Å². The molecular formula is C19H34N4O3. The second-order valence-electron chi connectivity index (χ2n) is 6.27. The van der Waals surface area contributed by atoms with Gasteiger partial charge in [-0.2, -0.15) is 0 Å². The first-order valence-electron chi connectivity index (χ1n) is 9.81. The van der Waals surface area contributed by atoms with E-state index in [0.717, 1.165) is 96.7 Å². The van der Waals surface area contributed by atoms with Gasteiger partial charge in [0.25, 0.3) is 0 Å². The first-order chi connectivity index (χ1) is 12.9. The third kappa shape index (κ3) is 9.22. The zero-order valence-electron chi connectivity index (χ0n) is 16.0. The van der Waals surface area contributed by atoms with Crippen LogP contribution in [0.1, 0.15) is 25.5 Å². The molecule has 7 nitrogen and oxygen atoms in total. The van der Waals surface area contributed by atoms with Crippen molar-refractivity contribution in [1.82, 2.24) is 15.5 Å². The molecular weight excluding hydrogens is 332 g/mol. The summed E-state index contributed by atoms with van der Waals surface area (Å²) < 4.78 is 16.1. The fourth-order valence-corrected chi connectivity index (χ4v) is 2.77. The predicted octanol–water partition coefficient (Wildman–Crippen LogP) is 1.51. The van der Waals surface area contributed by atoms with Gasteiger partial charge in [0, 0.05) is 52.4 Å². The van der Waals surface area contributed by atoms with Gasteiger partial charge in [-0.25, -0.2) is 0 Å².